The van der Waals surface area contributed by atoms with Gasteiger partial charge in [-0.1, -0.05) is 0 Å². The number of carboxylic acid groups (broad SMARTS) is 3. The molecule has 0 aromatic heterocycles. The maximum atomic E-state index is 9.00. The standard InChI is InChI=1S/3C2H4O2.Bi.H3N.3H/c3*1-2(3)4;;;;;/h3*1H3,(H,3,4);;1H3;;;. The first-order valence-corrected chi connectivity index (χ1v) is 2.78. The molecule has 0 amide bonds. The Bertz CT molecular complexity index is 120. The van der Waals surface area contributed by atoms with E-state index in [1.165, 1.54) is 0 Å². The second-order valence-electron chi connectivity index (χ2n) is 1.56. The van der Waals surface area contributed by atoms with Gasteiger partial charge in [-0.2, -0.15) is 0 Å². The molecule has 0 aliphatic carbocycles. The first-order valence-electron chi connectivity index (χ1n) is 2.78. The average Bonchev–Trinajstić information content (AvgIpc) is 1.54. The van der Waals surface area contributed by atoms with Crippen LogP contribution in [-0.2, 0) is 14.4 Å². The van der Waals surface area contributed by atoms with Gasteiger partial charge >= 0.3 is 26.2 Å². The number of hydrogen-bond donors (Lipinski definition) is 4. The Balaban J connectivity index is -0.0000000270. The number of carboxylic acids is 3. The third-order valence-corrected chi connectivity index (χ3v) is 0. The van der Waals surface area contributed by atoms with Gasteiger partial charge in [0.05, 0.1) is 0 Å². The van der Waals surface area contributed by atoms with Crippen molar-refractivity contribution < 1.29 is 29.7 Å². The van der Waals surface area contributed by atoms with Crippen molar-refractivity contribution in [3.8, 4) is 0 Å². The van der Waals surface area contributed by atoms with Crippen molar-refractivity contribution in [1.29, 1.82) is 0 Å². The number of rotatable bonds is 0. The fraction of sp³-hybridized carbons (Fsp3) is 0.500. The molecule has 0 heterocycles. The van der Waals surface area contributed by atoms with Crippen LogP contribution < -0.4 is 6.15 Å². The average molecular weight is 409 g/mol. The number of aliphatic carboxylic acids is 3. The normalized spacial score (nSPS) is 5.36. The molecule has 0 spiro atoms. The van der Waals surface area contributed by atoms with Gasteiger partial charge in [0.15, 0.2) is 0 Å². The Labute approximate surface area is 101 Å². The second-order valence-corrected chi connectivity index (χ2v) is 1.56. The minimum atomic E-state index is -0.833. The maximum absolute atomic E-state index is 9.00. The van der Waals surface area contributed by atoms with Crippen molar-refractivity contribution >= 4 is 44.1 Å². The zero-order chi connectivity index (χ0) is 10.7. The van der Waals surface area contributed by atoms with Crippen LogP contribution in [0.1, 0.15) is 20.8 Å². The molecule has 0 rings (SSSR count). The monoisotopic (exact) mass is 409 g/mol. The summed E-state index contributed by atoms with van der Waals surface area (Å²) in [7, 11) is 0. The third-order valence-electron chi connectivity index (χ3n) is 0. The van der Waals surface area contributed by atoms with Crippen LogP contribution in [0.25, 0.3) is 0 Å². The molecule has 0 aromatic rings. The SMILES string of the molecule is CC(=O)O.CC(=O)O.CC(=O)O.N.[BiH3]. The molecule has 0 atom stereocenters. The Morgan fingerprint density at radius 2 is 0.714 bits per heavy atom. The summed E-state index contributed by atoms with van der Waals surface area (Å²) in [5, 5.41) is 22.2. The van der Waals surface area contributed by atoms with E-state index in [4.69, 9.17) is 29.7 Å². The van der Waals surface area contributed by atoms with E-state index in [-0.39, 0.29) is 32.4 Å². The molecule has 88 valence electrons. The van der Waals surface area contributed by atoms with Crippen LogP contribution in [-0.4, -0.2) is 59.4 Å². The van der Waals surface area contributed by atoms with Gasteiger partial charge in [0.25, 0.3) is 17.9 Å². The molecule has 0 saturated carbocycles. The number of carbonyl (C=O) groups is 3. The summed E-state index contributed by atoms with van der Waals surface area (Å²) in [6, 6.07) is 0. The zero-order valence-electron chi connectivity index (χ0n) is 8.48. The Morgan fingerprint density at radius 1 is 0.714 bits per heavy atom. The predicted molar refractivity (Wildman–Crippen MR) is 54.9 cm³/mol. The summed E-state index contributed by atoms with van der Waals surface area (Å²) in [4.78, 5) is 27.0. The Morgan fingerprint density at radius 3 is 0.714 bits per heavy atom. The molecule has 0 aliphatic rings. The molecule has 6 N–H and O–H groups in total. The van der Waals surface area contributed by atoms with Gasteiger partial charge in [0.1, 0.15) is 0 Å². The van der Waals surface area contributed by atoms with Gasteiger partial charge in [-0.25, -0.2) is 0 Å². The fourth-order valence-electron chi connectivity index (χ4n) is 0. The van der Waals surface area contributed by atoms with Gasteiger partial charge in [-0.3, -0.25) is 14.4 Å². The summed E-state index contributed by atoms with van der Waals surface area (Å²) in [6.07, 6.45) is 0. The fourth-order valence-corrected chi connectivity index (χ4v) is 0. The predicted octanol–water partition coefficient (Wildman–Crippen LogP) is -0.749. The van der Waals surface area contributed by atoms with E-state index in [0.717, 1.165) is 20.8 Å². The van der Waals surface area contributed by atoms with E-state index in [1.54, 1.807) is 0 Å². The first kappa shape index (κ1) is 29.2. The van der Waals surface area contributed by atoms with E-state index >= 15 is 0 Å². The van der Waals surface area contributed by atoms with Crippen molar-refractivity contribution in [1.82, 2.24) is 6.15 Å². The quantitative estimate of drug-likeness (QED) is 0.385. The van der Waals surface area contributed by atoms with Crippen LogP contribution >= 0.6 is 0 Å². The molecule has 0 unspecified atom stereocenters. The summed E-state index contributed by atoms with van der Waals surface area (Å²) in [5.41, 5.74) is 0. The van der Waals surface area contributed by atoms with Crippen molar-refractivity contribution in [3.05, 3.63) is 0 Å². The van der Waals surface area contributed by atoms with Crippen LogP contribution in [0.15, 0.2) is 0 Å². The minimum absolute atomic E-state index is 0. The van der Waals surface area contributed by atoms with Crippen LogP contribution in [0.4, 0.5) is 0 Å². The van der Waals surface area contributed by atoms with Crippen molar-refractivity contribution in [2.75, 3.05) is 0 Å². The van der Waals surface area contributed by atoms with E-state index in [1.807, 2.05) is 0 Å². The van der Waals surface area contributed by atoms with Crippen LogP contribution in [0.3, 0.4) is 0 Å². The molecule has 0 radical (unpaired) electrons. The van der Waals surface area contributed by atoms with Gasteiger partial charge in [0.2, 0.25) is 0 Å². The second kappa shape index (κ2) is 22.8. The van der Waals surface area contributed by atoms with E-state index < -0.39 is 17.9 Å². The van der Waals surface area contributed by atoms with E-state index in [9.17, 15) is 0 Å². The first-order chi connectivity index (χ1) is 5.20. The Kier molecular flexibility index (Phi) is 47.5. The molecular weight excluding hydrogens is 391 g/mol. The van der Waals surface area contributed by atoms with Gasteiger partial charge < -0.3 is 21.5 Å². The molecular formula is C6H18BiNO6. The van der Waals surface area contributed by atoms with Crippen LogP contribution in [0, 0.1) is 0 Å². The van der Waals surface area contributed by atoms with Gasteiger partial charge in [0, 0.05) is 20.8 Å². The molecule has 0 bridgehead atoms. The molecule has 14 heavy (non-hydrogen) atoms. The van der Waals surface area contributed by atoms with E-state index in [0.29, 0.717) is 0 Å². The van der Waals surface area contributed by atoms with Crippen molar-refractivity contribution in [2.24, 2.45) is 0 Å². The molecule has 0 fully saturated rings. The number of hydrogen-bond acceptors (Lipinski definition) is 4. The molecule has 0 aromatic carbocycles. The molecule has 8 heteroatoms. The van der Waals surface area contributed by atoms with Crippen molar-refractivity contribution in [2.45, 2.75) is 20.8 Å². The summed E-state index contributed by atoms with van der Waals surface area (Å²) in [6.45, 7) is 3.25. The Hall–Kier alpha value is -0.747. The van der Waals surface area contributed by atoms with Gasteiger partial charge in [-0.15, -0.1) is 0 Å². The summed E-state index contributed by atoms with van der Waals surface area (Å²) in [5.74, 6) is -2.50. The zero-order valence-corrected chi connectivity index (χ0v) is 14.0. The molecule has 0 saturated heterocycles. The van der Waals surface area contributed by atoms with Gasteiger partial charge in [-0.05, 0) is 0 Å². The molecule has 7 nitrogen and oxygen atoms in total. The van der Waals surface area contributed by atoms with Crippen LogP contribution in [0.2, 0.25) is 0 Å². The summed E-state index contributed by atoms with van der Waals surface area (Å²) < 4.78 is 0. The third kappa shape index (κ3) is 2120. The summed E-state index contributed by atoms with van der Waals surface area (Å²) >= 11 is 0. The topological polar surface area (TPSA) is 147 Å². The molecule has 0 aliphatic heterocycles. The van der Waals surface area contributed by atoms with E-state index in [2.05, 4.69) is 0 Å². The van der Waals surface area contributed by atoms with Crippen molar-refractivity contribution in [3.63, 3.8) is 0 Å². The van der Waals surface area contributed by atoms with Crippen LogP contribution in [0.5, 0.6) is 0 Å².